The molecular weight excluding hydrogens is 500 g/mol. The number of benzene rings is 2. The second-order valence-corrected chi connectivity index (χ2v) is 9.23. The number of para-hydroxylation sites is 1. The maximum atomic E-state index is 13.8. The number of aryl methyl sites for hydroxylation is 2. The minimum atomic E-state index is -6.09. The highest BCUT2D eigenvalue weighted by Crippen LogP contribution is 2.37. The van der Waals surface area contributed by atoms with Crippen LogP contribution in [0.1, 0.15) is 28.4 Å². The number of carbonyl (C=O) groups is 1. The lowest BCUT2D eigenvalue weighted by Gasteiger charge is -2.26. The number of ether oxygens (including phenoxy) is 1. The molecule has 2 N–H and O–H groups in total. The Morgan fingerprint density at radius 1 is 1.22 bits per heavy atom. The number of rotatable bonds is 8. The van der Waals surface area contributed by atoms with E-state index >= 15 is 0 Å². The molecule has 0 aliphatic rings. The van der Waals surface area contributed by atoms with Crippen LogP contribution >= 0.6 is 0 Å². The third kappa shape index (κ3) is 5.28. The minimum absolute atomic E-state index is 0.0197. The summed E-state index contributed by atoms with van der Waals surface area (Å²) in [5.74, 6) is -1.74. The fourth-order valence-corrected chi connectivity index (χ4v) is 4.21. The first-order valence-electron chi connectivity index (χ1n) is 10.4. The van der Waals surface area contributed by atoms with Crippen molar-refractivity contribution in [2.24, 2.45) is 0 Å². The number of anilines is 4. The van der Waals surface area contributed by atoms with Crippen molar-refractivity contribution >= 4 is 52.1 Å². The summed E-state index contributed by atoms with van der Waals surface area (Å²) in [6.07, 6.45) is 1.31. The number of nitrogens with zero attached hydrogens (tertiary/aromatic N) is 3. The number of esters is 1. The smallest absolute Gasteiger partial charge is 0.465 e. The third-order valence-corrected chi connectivity index (χ3v) is 6.55. The molecule has 0 aliphatic carbocycles. The van der Waals surface area contributed by atoms with Crippen LogP contribution in [0.4, 0.5) is 36.3 Å². The normalized spacial score (nSPS) is 11.6. The van der Waals surface area contributed by atoms with E-state index in [4.69, 9.17) is 0 Å². The Morgan fingerprint density at radius 2 is 1.89 bits per heavy atom. The monoisotopic (exact) mass is 521 g/mol. The Morgan fingerprint density at radius 3 is 2.44 bits per heavy atom. The van der Waals surface area contributed by atoms with Crippen LogP contribution in [0.15, 0.2) is 48.7 Å². The first-order valence-corrected chi connectivity index (χ1v) is 11.9. The van der Waals surface area contributed by atoms with Gasteiger partial charge >= 0.3 is 29.0 Å². The van der Waals surface area contributed by atoms with E-state index in [2.05, 4.69) is 20.0 Å². The summed E-state index contributed by atoms with van der Waals surface area (Å²) in [5, 5.41) is 12.6. The van der Waals surface area contributed by atoms with Gasteiger partial charge in [-0.2, -0.15) is 30.9 Å². The summed E-state index contributed by atoms with van der Waals surface area (Å²) in [6, 6.07) is 10.5. The van der Waals surface area contributed by atoms with Crippen molar-refractivity contribution < 1.29 is 36.1 Å². The molecule has 1 aromatic heterocycles. The van der Waals surface area contributed by atoms with Crippen LogP contribution in [0.2, 0.25) is 0 Å². The molecule has 0 amide bonds. The van der Waals surface area contributed by atoms with Crippen LogP contribution in [0, 0.1) is 6.92 Å². The molecule has 0 fully saturated rings. The Bertz CT molecular complexity index is 1370. The van der Waals surface area contributed by atoms with Crippen molar-refractivity contribution in [2.45, 2.75) is 25.8 Å². The number of alkyl halides is 3. The molecule has 3 aromatic rings. The molecule has 0 aliphatic heterocycles. The zero-order chi connectivity index (χ0) is 26.7. The van der Waals surface area contributed by atoms with Crippen molar-refractivity contribution in [3.63, 3.8) is 0 Å². The molecular formula is C22H21BF3N4O5S. The molecule has 3 rings (SSSR count). The van der Waals surface area contributed by atoms with Crippen molar-refractivity contribution in [1.82, 2.24) is 9.97 Å². The van der Waals surface area contributed by atoms with Gasteiger partial charge in [-0.1, -0.05) is 25.1 Å². The first kappa shape index (κ1) is 27.0. The maximum Gasteiger partial charge on any atom is 0.517 e. The first-order chi connectivity index (χ1) is 16.9. The van der Waals surface area contributed by atoms with Gasteiger partial charge in [-0.25, -0.2) is 9.78 Å². The standard InChI is InChI=1S/C22H21BF3N4O5S/c1-4-14-10-16(11-17(18(14)23-32)20(31)35-3)30(36(33,34)22(24,25)26)21-27-12-13(2)19(29-21)28-15-8-6-5-7-9-15/h5-12,32H,4H2,1-3H3,(H,27,28,29). The second kappa shape index (κ2) is 10.5. The van der Waals surface area contributed by atoms with Gasteiger partial charge in [0.2, 0.25) is 5.95 Å². The molecule has 0 saturated heterocycles. The summed E-state index contributed by atoms with van der Waals surface area (Å²) in [4.78, 5) is 20.3. The van der Waals surface area contributed by atoms with Gasteiger partial charge in [0.15, 0.2) is 0 Å². The van der Waals surface area contributed by atoms with Gasteiger partial charge in [0.05, 0.1) is 18.4 Å². The largest absolute Gasteiger partial charge is 0.517 e. The summed E-state index contributed by atoms with van der Waals surface area (Å²) in [7, 11) is -4.45. The number of hydrogen-bond donors (Lipinski definition) is 2. The van der Waals surface area contributed by atoms with Crippen molar-refractivity contribution in [3.05, 3.63) is 65.4 Å². The zero-order valence-corrected chi connectivity index (χ0v) is 20.2. The van der Waals surface area contributed by atoms with Gasteiger partial charge < -0.3 is 15.1 Å². The molecule has 0 spiro atoms. The Kier molecular flexibility index (Phi) is 7.89. The number of halogens is 3. The molecule has 9 nitrogen and oxygen atoms in total. The zero-order valence-electron chi connectivity index (χ0n) is 19.4. The van der Waals surface area contributed by atoms with E-state index in [1.165, 1.54) is 6.20 Å². The van der Waals surface area contributed by atoms with Crippen LogP contribution in [0.3, 0.4) is 0 Å². The lowest BCUT2D eigenvalue weighted by Crippen LogP contribution is -2.39. The summed E-state index contributed by atoms with van der Waals surface area (Å²) >= 11 is 0. The molecule has 36 heavy (non-hydrogen) atoms. The van der Waals surface area contributed by atoms with E-state index in [9.17, 15) is 31.4 Å². The summed E-state index contributed by atoms with van der Waals surface area (Å²) < 4.78 is 71.5. The van der Waals surface area contributed by atoms with Crippen LogP contribution < -0.4 is 15.1 Å². The quantitative estimate of drug-likeness (QED) is 0.343. The average molecular weight is 521 g/mol. The second-order valence-electron chi connectivity index (χ2n) is 7.45. The van der Waals surface area contributed by atoms with Gasteiger partial charge in [0.1, 0.15) is 5.82 Å². The van der Waals surface area contributed by atoms with Gasteiger partial charge in [0.25, 0.3) is 0 Å². The lowest BCUT2D eigenvalue weighted by molar-refractivity contribution is -0.0436. The molecule has 1 heterocycles. The van der Waals surface area contributed by atoms with Gasteiger partial charge in [0, 0.05) is 17.4 Å². The predicted molar refractivity (Wildman–Crippen MR) is 128 cm³/mol. The molecule has 1 radical (unpaired) electrons. The van der Waals surface area contributed by atoms with Crippen molar-refractivity contribution in [2.75, 3.05) is 16.7 Å². The molecule has 0 saturated carbocycles. The number of nitrogens with one attached hydrogen (secondary N) is 1. The molecule has 2 aromatic carbocycles. The summed E-state index contributed by atoms with van der Waals surface area (Å²) in [5.41, 5.74) is -5.48. The molecule has 0 bridgehead atoms. The van der Waals surface area contributed by atoms with Gasteiger partial charge in [-0.05, 0) is 48.6 Å². The van der Waals surface area contributed by atoms with Crippen LogP contribution in [-0.4, -0.2) is 49.5 Å². The molecule has 0 atom stereocenters. The lowest BCUT2D eigenvalue weighted by atomic mass is 9.79. The van der Waals surface area contributed by atoms with E-state index < -0.39 is 33.1 Å². The topological polar surface area (TPSA) is 122 Å². The third-order valence-electron chi connectivity index (χ3n) is 5.11. The van der Waals surface area contributed by atoms with E-state index in [1.54, 1.807) is 44.2 Å². The van der Waals surface area contributed by atoms with E-state index in [0.29, 0.717) is 18.7 Å². The van der Waals surface area contributed by atoms with Crippen molar-refractivity contribution in [1.29, 1.82) is 0 Å². The van der Waals surface area contributed by atoms with E-state index in [0.717, 1.165) is 19.2 Å². The van der Waals surface area contributed by atoms with Crippen LogP contribution in [0.25, 0.3) is 0 Å². The number of sulfonamides is 1. The van der Waals surface area contributed by atoms with E-state index in [-0.39, 0.29) is 33.1 Å². The van der Waals surface area contributed by atoms with Crippen LogP contribution in [-0.2, 0) is 21.2 Å². The fourth-order valence-electron chi connectivity index (χ4n) is 3.32. The molecule has 189 valence electrons. The van der Waals surface area contributed by atoms with Crippen LogP contribution in [0.5, 0.6) is 0 Å². The van der Waals surface area contributed by atoms with E-state index in [1.807, 2.05) is 0 Å². The highest BCUT2D eigenvalue weighted by atomic mass is 32.2. The highest BCUT2D eigenvalue weighted by Gasteiger charge is 2.52. The highest BCUT2D eigenvalue weighted by molar-refractivity contribution is 7.94. The Balaban J connectivity index is 2.29. The predicted octanol–water partition coefficient (Wildman–Crippen LogP) is 3.10. The van der Waals surface area contributed by atoms with Crippen molar-refractivity contribution in [3.8, 4) is 0 Å². The maximum absolute atomic E-state index is 13.8. The Labute approximate surface area is 206 Å². The van der Waals surface area contributed by atoms with Gasteiger partial charge in [-0.3, -0.25) is 0 Å². The minimum Gasteiger partial charge on any atom is -0.465 e. The molecule has 0 unspecified atom stereocenters. The summed E-state index contributed by atoms with van der Waals surface area (Å²) in [6.45, 7) is 3.20. The number of aromatic nitrogens is 2. The van der Waals surface area contributed by atoms with Gasteiger partial charge in [-0.15, -0.1) is 0 Å². The molecule has 14 heteroatoms. The average Bonchev–Trinajstić information content (AvgIpc) is 2.84. The number of hydrogen-bond acceptors (Lipinski definition) is 8. The Hall–Kier alpha value is -3.65. The SMILES string of the molecule is CCc1cc(N(c2ncc(C)c(Nc3ccccc3)n2)S(=O)(=O)C(F)(F)F)cc(C(=O)OC)c1[B]O. The number of carbonyl (C=O) groups excluding carboxylic acids is 1. The fraction of sp³-hybridized carbons (Fsp3) is 0.227. The number of methoxy groups -OCH3 is 1.